The van der Waals surface area contributed by atoms with E-state index in [0.29, 0.717) is 23.7 Å². The average Bonchev–Trinajstić information content (AvgIpc) is 2.49. The zero-order valence-electron chi connectivity index (χ0n) is 11.7. The molecule has 0 atom stereocenters. The van der Waals surface area contributed by atoms with Crippen LogP contribution in [0, 0.1) is 11.6 Å². The van der Waals surface area contributed by atoms with Crippen LogP contribution in [0.2, 0.25) is 0 Å². The summed E-state index contributed by atoms with van der Waals surface area (Å²) < 4.78 is 26.1. The Morgan fingerprint density at radius 1 is 1.14 bits per heavy atom. The van der Waals surface area contributed by atoms with Crippen molar-refractivity contribution in [2.24, 2.45) is 5.84 Å². The fraction of sp³-hybridized carbons (Fsp3) is 0.286. The number of nitrogens with one attached hydrogen (secondary N) is 2. The number of nitrogen functional groups attached to an aromatic ring is 1. The molecule has 2 rings (SSSR count). The summed E-state index contributed by atoms with van der Waals surface area (Å²) in [5.74, 6) is 4.89. The molecule has 21 heavy (non-hydrogen) atoms. The molecule has 0 saturated heterocycles. The summed E-state index contributed by atoms with van der Waals surface area (Å²) in [6.45, 7) is 2.36. The Morgan fingerprint density at radius 3 is 2.57 bits per heavy atom. The van der Waals surface area contributed by atoms with Crippen LogP contribution in [0.5, 0.6) is 0 Å². The number of nitrogens with two attached hydrogens (primary N) is 1. The molecule has 7 heteroatoms. The minimum Gasteiger partial charge on any atom is -0.366 e. The maximum absolute atomic E-state index is 13.2. The molecule has 0 aliphatic rings. The zero-order valence-corrected chi connectivity index (χ0v) is 11.7. The number of aromatic nitrogens is 2. The molecule has 1 aromatic carbocycles. The Balaban J connectivity index is 2.17. The van der Waals surface area contributed by atoms with E-state index in [1.54, 1.807) is 0 Å². The van der Waals surface area contributed by atoms with Crippen molar-refractivity contribution in [1.29, 1.82) is 0 Å². The Bertz CT molecular complexity index is 618. The van der Waals surface area contributed by atoms with E-state index in [9.17, 15) is 8.78 Å². The van der Waals surface area contributed by atoms with Gasteiger partial charge < -0.3 is 10.7 Å². The first kappa shape index (κ1) is 15.1. The molecule has 0 saturated carbocycles. The van der Waals surface area contributed by atoms with Gasteiger partial charge in [-0.15, -0.1) is 0 Å². The summed E-state index contributed by atoms with van der Waals surface area (Å²) in [6, 6.07) is 3.78. The Labute approximate surface area is 121 Å². The summed E-state index contributed by atoms with van der Waals surface area (Å²) in [4.78, 5) is 8.24. The van der Waals surface area contributed by atoms with E-state index in [1.807, 2.05) is 6.92 Å². The average molecular weight is 293 g/mol. The molecule has 0 radical (unpaired) electrons. The molecule has 0 unspecified atom stereocenters. The Morgan fingerprint density at radius 2 is 1.90 bits per heavy atom. The molecule has 0 bridgehead atoms. The molecular weight excluding hydrogens is 276 g/mol. The fourth-order valence-corrected chi connectivity index (χ4v) is 2.01. The van der Waals surface area contributed by atoms with Crippen molar-refractivity contribution in [2.75, 3.05) is 10.7 Å². The SMILES string of the molecule is CCCc1c(NN)ncnc1NCc1ccc(F)c(F)c1. The maximum atomic E-state index is 13.2. The van der Waals surface area contributed by atoms with Gasteiger partial charge in [0.15, 0.2) is 11.6 Å². The van der Waals surface area contributed by atoms with Crippen molar-refractivity contribution in [3.05, 3.63) is 47.3 Å². The van der Waals surface area contributed by atoms with Crippen LogP contribution < -0.4 is 16.6 Å². The van der Waals surface area contributed by atoms with Gasteiger partial charge in [0.2, 0.25) is 0 Å². The normalized spacial score (nSPS) is 10.5. The van der Waals surface area contributed by atoms with Gasteiger partial charge in [-0.05, 0) is 24.1 Å². The minimum atomic E-state index is -0.866. The van der Waals surface area contributed by atoms with Gasteiger partial charge in [-0.25, -0.2) is 24.6 Å². The van der Waals surface area contributed by atoms with Gasteiger partial charge in [-0.1, -0.05) is 19.4 Å². The van der Waals surface area contributed by atoms with Crippen molar-refractivity contribution in [3.8, 4) is 0 Å². The third-order valence-electron chi connectivity index (χ3n) is 3.03. The number of rotatable bonds is 6. The van der Waals surface area contributed by atoms with E-state index in [2.05, 4.69) is 20.7 Å². The van der Waals surface area contributed by atoms with E-state index < -0.39 is 11.6 Å². The smallest absolute Gasteiger partial charge is 0.159 e. The molecule has 0 spiro atoms. The third kappa shape index (κ3) is 3.63. The van der Waals surface area contributed by atoms with Crippen LogP contribution >= 0.6 is 0 Å². The molecule has 0 aliphatic carbocycles. The van der Waals surface area contributed by atoms with Crippen LogP contribution in [-0.4, -0.2) is 9.97 Å². The van der Waals surface area contributed by atoms with Gasteiger partial charge in [0.05, 0.1) is 0 Å². The summed E-state index contributed by atoms with van der Waals surface area (Å²) >= 11 is 0. The van der Waals surface area contributed by atoms with Crippen LogP contribution in [0.4, 0.5) is 20.4 Å². The summed E-state index contributed by atoms with van der Waals surface area (Å²) in [7, 11) is 0. The topological polar surface area (TPSA) is 75.9 Å². The Hall–Kier alpha value is -2.28. The lowest BCUT2D eigenvalue weighted by molar-refractivity contribution is 0.507. The number of hydrazine groups is 1. The first-order chi connectivity index (χ1) is 10.2. The molecule has 1 aromatic heterocycles. The van der Waals surface area contributed by atoms with Crippen LogP contribution in [0.25, 0.3) is 0 Å². The highest BCUT2D eigenvalue weighted by atomic mass is 19.2. The molecule has 0 amide bonds. The highest BCUT2D eigenvalue weighted by Gasteiger charge is 2.10. The summed E-state index contributed by atoms with van der Waals surface area (Å²) in [6.07, 6.45) is 3.05. The second-order valence-corrected chi connectivity index (χ2v) is 4.55. The van der Waals surface area contributed by atoms with Gasteiger partial charge >= 0.3 is 0 Å². The van der Waals surface area contributed by atoms with Crippen molar-refractivity contribution in [1.82, 2.24) is 9.97 Å². The van der Waals surface area contributed by atoms with E-state index in [4.69, 9.17) is 5.84 Å². The fourth-order valence-electron chi connectivity index (χ4n) is 2.01. The molecule has 0 fully saturated rings. The van der Waals surface area contributed by atoms with Crippen molar-refractivity contribution in [3.63, 3.8) is 0 Å². The third-order valence-corrected chi connectivity index (χ3v) is 3.03. The van der Waals surface area contributed by atoms with E-state index in [0.717, 1.165) is 30.5 Å². The van der Waals surface area contributed by atoms with Gasteiger partial charge in [-0.3, -0.25) is 0 Å². The monoisotopic (exact) mass is 293 g/mol. The lowest BCUT2D eigenvalue weighted by atomic mass is 10.1. The highest BCUT2D eigenvalue weighted by Crippen LogP contribution is 2.21. The molecule has 5 nitrogen and oxygen atoms in total. The number of hydrogen-bond donors (Lipinski definition) is 3. The largest absolute Gasteiger partial charge is 0.366 e. The van der Waals surface area contributed by atoms with Crippen LogP contribution in [0.3, 0.4) is 0 Å². The lowest BCUT2D eigenvalue weighted by Crippen LogP contribution is -2.14. The molecule has 112 valence electrons. The predicted octanol–water partition coefficient (Wildman–Crippen LogP) is 2.61. The molecule has 1 heterocycles. The molecule has 4 N–H and O–H groups in total. The predicted molar refractivity (Wildman–Crippen MR) is 77.5 cm³/mol. The maximum Gasteiger partial charge on any atom is 0.159 e. The van der Waals surface area contributed by atoms with Gasteiger partial charge in [0, 0.05) is 12.1 Å². The molecular formula is C14H17F2N5. The summed E-state index contributed by atoms with van der Waals surface area (Å²) in [5.41, 5.74) is 4.02. The molecule has 2 aromatic rings. The second-order valence-electron chi connectivity index (χ2n) is 4.55. The number of hydrogen-bond acceptors (Lipinski definition) is 5. The van der Waals surface area contributed by atoms with Gasteiger partial charge in [0.1, 0.15) is 18.0 Å². The van der Waals surface area contributed by atoms with E-state index in [-0.39, 0.29) is 0 Å². The molecule has 0 aliphatic heterocycles. The lowest BCUT2D eigenvalue weighted by Gasteiger charge is -2.13. The second kappa shape index (κ2) is 6.94. The zero-order chi connectivity index (χ0) is 15.2. The van der Waals surface area contributed by atoms with Gasteiger partial charge in [-0.2, -0.15) is 0 Å². The highest BCUT2D eigenvalue weighted by molar-refractivity contribution is 5.57. The van der Waals surface area contributed by atoms with Crippen molar-refractivity contribution >= 4 is 11.6 Å². The van der Waals surface area contributed by atoms with Gasteiger partial charge in [0.25, 0.3) is 0 Å². The number of anilines is 2. The standard InChI is InChI=1S/C14H17F2N5/c1-2-3-10-13(19-8-20-14(10)21-17)18-7-9-4-5-11(15)12(16)6-9/h4-6,8H,2-3,7,17H2,1H3,(H2,18,19,20,21). The quantitative estimate of drug-likeness (QED) is 0.564. The first-order valence-corrected chi connectivity index (χ1v) is 6.64. The summed E-state index contributed by atoms with van der Waals surface area (Å²) in [5, 5.41) is 3.10. The number of benzene rings is 1. The Kier molecular flexibility index (Phi) is 4.99. The van der Waals surface area contributed by atoms with Crippen molar-refractivity contribution < 1.29 is 8.78 Å². The van der Waals surface area contributed by atoms with Crippen LogP contribution in [0.1, 0.15) is 24.5 Å². The first-order valence-electron chi connectivity index (χ1n) is 6.64. The van der Waals surface area contributed by atoms with Crippen LogP contribution in [-0.2, 0) is 13.0 Å². The number of halogens is 2. The minimum absolute atomic E-state index is 0.328. The van der Waals surface area contributed by atoms with Crippen LogP contribution in [0.15, 0.2) is 24.5 Å². The van der Waals surface area contributed by atoms with E-state index in [1.165, 1.54) is 12.4 Å². The number of nitrogens with zero attached hydrogens (tertiary/aromatic N) is 2. The van der Waals surface area contributed by atoms with E-state index >= 15 is 0 Å². The van der Waals surface area contributed by atoms with Crippen molar-refractivity contribution in [2.45, 2.75) is 26.3 Å².